The third-order valence-electron chi connectivity index (χ3n) is 3.69. The van der Waals surface area contributed by atoms with Gasteiger partial charge in [-0.3, -0.25) is 0 Å². The first-order chi connectivity index (χ1) is 11.0. The van der Waals surface area contributed by atoms with Crippen LogP contribution in [0.2, 0.25) is 5.02 Å². The molecule has 2 unspecified atom stereocenters. The maximum absolute atomic E-state index is 13.4. The van der Waals surface area contributed by atoms with Crippen molar-refractivity contribution in [3.63, 3.8) is 0 Å². The highest BCUT2D eigenvalue weighted by atomic mass is 35.5. The fourth-order valence-corrected chi connectivity index (χ4v) is 2.49. The minimum absolute atomic E-state index is 0.101. The largest absolute Gasteiger partial charge is 0.495 e. The van der Waals surface area contributed by atoms with Crippen LogP contribution in [0, 0.1) is 5.92 Å². The van der Waals surface area contributed by atoms with E-state index in [2.05, 4.69) is 11.3 Å². The number of benzene rings is 1. The number of aliphatic hydroxyl groups is 1. The summed E-state index contributed by atoms with van der Waals surface area (Å²) in [5.41, 5.74) is -3.75. The van der Waals surface area contributed by atoms with Crippen LogP contribution >= 0.6 is 11.6 Å². The van der Waals surface area contributed by atoms with E-state index in [1.54, 1.807) is 0 Å². The van der Waals surface area contributed by atoms with Crippen LogP contribution in [0.15, 0.2) is 24.8 Å². The Morgan fingerprint density at radius 3 is 2.46 bits per heavy atom. The minimum Gasteiger partial charge on any atom is -0.495 e. The standard InChI is InChI=1S/C16H18ClF3O4/c1-5-24-14(21)15(22,16(18,19)20)10(3)9(2)11-7-6-8-12(17)13(11)23-4/h6-8,10,22H,2,5H2,1,3-4H3. The number of methoxy groups -OCH3 is 1. The first-order valence-electron chi connectivity index (χ1n) is 7.00. The molecule has 1 rings (SSSR count). The van der Waals surface area contributed by atoms with Crippen LogP contribution in [0.5, 0.6) is 5.75 Å². The van der Waals surface area contributed by atoms with E-state index in [9.17, 15) is 23.1 Å². The molecule has 0 bridgehead atoms. The second kappa shape index (κ2) is 7.44. The first-order valence-corrected chi connectivity index (χ1v) is 7.38. The van der Waals surface area contributed by atoms with Crippen LogP contribution in [0.1, 0.15) is 19.4 Å². The van der Waals surface area contributed by atoms with E-state index < -0.39 is 23.7 Å². The summed E-state index contributed by atoms with van der Waals surface area (Å²) < 4.78 is 49.7. The summed E-state index contributed by atoms with van der Waals surface area (Å²) in [7, 11) is 1.30. The van der Waals surface area contributed by atoms with E-state index in [0.717, 1.165) is 6.92 Å². The summed E-state index contributed by atoms with van der Waals surface area (Å²) in [6.07, 6.45) is -5.26. The molecule has 2 atom stereocenters. The molecule has 8 heteroatoms. The zero-order valence-corrected chi connectivity index (χ0v) is 14.2. The normalized spacial score (nSPS) is 15.3. The highest BCUT2D eigenvalue weighted by Gasteiger charge is 2.64. The van der Waals surface area contributed by atoms with E-state index >= 15 is 0 Å². The number of alkyl halides is 3. The summed E-state index contributed by atoms with van der Waals surface area (Å²) in [5.74, 6) is -3.42. The van der Waals surface area contributed by atoms with Gasteiger partial charge in [-0.05, 0) is 18.6 Å². The van der Waals surface area contributed by atoms with Crippen LogP contribution in [0.3, 0.4) is 0 Å². The van der Waals surface area contributed by atoms with Crippen molar-refractivity contribution in [2.24, 2.45) is 5.92 Å². The number of para-hydroxylation sites is 1. The number of ether oxygens (including phenoxy) is 2. The molecule has 1 aromatic carbocycles. The average molecular weight is 367 g/mol. The highest BCUT2D eigenvalue weighted by molar-refractivity contribution is 6.32. The Labute approximate surface area is 142 Å². The van der Waals surface area contributed by atoms with Crippen LogP contribution in [-0.4, -0.2) is 36.6 Å². The van der Waals surface area contributed by atoms with Gasteiger partial charge in [-0.25, -0.2) is 4.79 Å². The smallest absolute Gasteiger partial charge is 0.428 e. The average Bonchev–Trinajstić information content (AvgIpc) is 2.51. The van der Waals surface area contributed by atoms with Crippen LogP contribution in [0.25, 0.3) is 5.57 Å². The Bertz CT molecular complexity index is 630. The molecule has 4 nitrogen and oxygen atoms in total. The lowest BCUT2D eigenvalue weighted by molar-refractivity contribution is -0.271. The van der Waals surface area contributed by atoms with Crippen molar-refractivity contribution in [3.05, 3.63) is 35.4 Å². The van der Waals surface area contributed by atoms with Crippen LogP contribution < -0.4 is 4.74 Å². The molecule has 0 radical (unpaired) electrons. The zero-order valence-electron chi connectivity index (χ0n) is 13.4. The molecule has 0 spiro atoms. The van der Waals surface area contributed by atoms with E-state index in [-0.39, 0.29) is 28.5 Å². The number of halogens is 4. The SMILES string of the molecule is C=C(c1cccc(Cl)c1OC)C(C)C(O)(C(=O)OCC)C(F)(F)F. The third kappa shape index (κ3) is 3.52. The third-order valence-corrected chi connectivity index (χ3v) is 3.98. The summed E-state index contributed by atoms with van der Waals surface area (Å²) in [6, 6.07) is 4.42. The number of hydrogen-bond donors (Lipinski definition) is 1. The van der Waals surface area contributed by atoms with Crippen molar-refractivity contribution in [1.82, 2.24) is 0 Å². The monoisotopic (exact) mass is 366 g/mol. The number of carbonyl (C=O) groups excluding carboxylic acids is 1. The fraction of sp³-hybridized carbons (Fsp3) is 0.438. The van der Waals surface area contributed by atoms with Crippen molar-refractivity contribution in [2.45, 2.75) is 25.6 Å². The van der Waals surface area contributed by atoms with E-state index in [4.69, 9.17) is 16.3 Å². The summed E-state index contributed by atoms with van der Waals surface area (Å²) in [5, 5.41) is 10.3. The molecule has 0 fully saturated rings. The molecule has 24 heavy (non-hydrogen) atoms. The second-order valence-electron chi connectivity index (χ2n) is 5.05. The van der Waals surface area contributed by atoms with Gasteiger partial charge in [0.2, 0.25) is 0 Å². The van der Waals surface area contributed by atoms with Gasteiger partial charge >= 0.3 is 12.1 Å². The van der Waals surface area contributed by atoms with Gasteiger partial charge in [0.25, 0.3) is 5.60 Å². The molecule has 134 valence electrons. The molecule has 0 aromatic heterocycles. The number of rotatable bonds is 6. The molecular weight excluding hydrogens is 349 g/mol. The summed E-state index contributed by atoms with van der Waals surface area (Å²) >= 11 is 5.95. The van der Waals surface area contributed by atoms with Gasteiger partial charge in [-0.15, -0.1) is 0 Å². The van der Waals surface area contributed by atoms with E-state index in [1.807, 2.05) is 0 Å². The first kappa shape index (κ1) is 20.3. The molecule has 0 saturated carbocycles. The molecule has 0 heterocycles. The molecular formula is C16H18ClF3O4. The van der Waals surface area contributed by atoms with Gasteiger partial charge in [0.05, 0.1) is 18.7 Å². The van der Waals surface area contributed by atoms with E-state index in [0.29, 0.717) is 0 Å². The lowest BCUT2D eigenvalue weighted by atomic mass is 9.80. The Kier molecular flexibility index (Phi) is 6.30. The number of esters is 1. The maximum atomic E-state index is 13.4. The highest BCUT2D eigenvalue weighted by Crippen LogP contribution is 2.45. The Morgan fingerprint density at radius 1 is 1.42 bits per heavy atom. The lowest BCUT2D eigenvalue weighted by Gasteiger charge is -2.34. The van der Waals surface area contributed by atoms with Gasteiger partial charge in [-0.2, -0.15) is 13.2 Å². The van der Waals surface area contributed by atoms with Gasteiger partial charge < -0.3 is 14.6 Å². The van der Waals surface area contributed by atoms with Crippen LogP contribution in [-0.2, 0) is 9.53 Å². The zero-order chi connectivity index (χ0) is 18.7. The molecule has 1 N–H and O–H groups in total. The van der Waals surface area contributed by atoms with Gasteiger partial charge in [-0.1, -0.05) is 37.2 Å². The molecule has 0 aliphatic carbocycles. The van der Waals surface area contributed by atoms with Gasteiger partial charge in [0.1, 0.15) is 5.75 Å². The molecule has 0 amide bonds. The molecule has 0 aliphatic heterocycles. The van der Waals surface area contributed by atoms with Crippen molar-refractivity contribution in [3.8, 4) is 5.75 Å². The predicted octanol–water partition coefficient (Wildman–Crippen LogP) is 3.85. The lowest BCUT2D eigenvalue weighted by Crippen LogP contribution is -2.57. The topological polar surface area (TPSA) is 55.8 Å². The second-order valence-corrected chi connectivity index (χ2v) is 5.46. The van der Waals surface area contributed by atoms with Crippen molar-refractivity contribution in [2.75, 3.05) is 13.7 Å². The van der Waals surface area contributed by atoms with Gasteiger partial charge in [0, 0.05) is 11.5 Å². The Hall–Kier alpha value is -1.73. The minimum atomic E-state index is -5.26. The Balaban J connectivity index is 3.40. The molecule has 0 saturated heterocycles. The van der Waals surface area contributed by atoms with Crippen molar-refractivity contribution in [1.29, 1.82) is 0 Å². The van der Waals surface area contributed by atoms with Crippen molar-refractivity contribution >= 4 is 23.1 Å². The van der Waals surface area contributed by atoms with Crippen molar-refractivity contribution < 1.29 is 32.5 Å². The fourth-order valence-electron chi connectivity index (χ4n) is 2.23. The quantitative estimate of drug-likeness (QED) is 0.777. The summed E-state index contributed by atoms with van der Waals surface area (Å²) in [6.45, 7) is 5.66. The Morgan fingerprint density at radius 2 is 2.00 bits per heavy atom. The maximum Gasteiger partial charge on any atom is 0.428 e. The molecule has 1 aromatic rings. The van der Waals surface area contributed by atoms with Crippen LogP contribution in [0.4, 0.5) is 13.2 Å². The predicted molar refractivity (Wildman–Crippen MR) is 83.8 cm³/mol. The summed E-state index contributed by atoms with van der Waals surface area (Å²) in [4.78, 5) is 11.8. The number of carbonyl (C=O) groups is 1. The number of hydrogen-bond acceptors (Lipinski definition) is 4. The molecule has 0 aliphatic rings. The van der Waals surface area contributed by atoms with E-state index in [1.165, 1.54) is 32.2 Å². The van der Waals surface area contributed by atoms with Gasteiger partial charge in [0.15, 0.2) is 0 Å².